The van der Waals surface area contributed by atoms with Crippen LogP contribution in [0.4, 0.5) is 0 Å². The molecule has 2 saturated carbocycles. The third-order valence-electron chi connectivity index (χ3n) is 4.92. The summed E-state index contributed by atoms with van der Waals surface area (Å²) in [5.74, 6) is 2.11. The van der Waals surface area contributed by atoms with Crippen LogP contribution in [0.3, 0.4) is 0 Å². The molecule has 4 heteroatoms. The van der Waals surface area contributed by atoms with Crippen LogP contribution in [0.5, 0.6) is 0 Å². The minimum Gasteiger partial charge on any atom is -0.307 e. The van der Waals surface area contributed by atoms with Crippen LogP contribution in [-0.2, 0) is 9.84 Å². The predicted molar refractivity (Wildman–Crippen MR) is 72.9 cm³/mol. The normalized spacial score (nSPS) is 42.7. The van der Waals surface area contributed by atoms with E-state index in [1.54, 1.807) is 0 Å². The summed E-state index contributed by atoms with van der Waals surface area (Å²) in [6.45, 7) is 0. The summed E-state index contributed by atoms with van der Waals surface area (Å²) >= 11 is 0. The zero-order valence-corrected chi connectivity index (χ0v) is 11.7. The van der Waals surface area contributed by atoms with Crippen molar-refractivity contribution in [3.05, 3.63) is 11.5 Å². The Hall–Kier alpha value is -0.350. The summed E-state index contributed by atoms with van der Waals surface area (Å²) in [5.41, 5.74) is 0. The number of hydrogen-bond acceptors (Lipinski definition) is 3. The second-order valence-electron chi connectivity index (χ2n) is 6.25. The van der Waals surface area contributed by atoms with Crippen molar-refractivity contribution in [1.29, 1.82) is 0 Å². The first-order valence-electron chi connectivity index (χ1n) is 7.29. The molecule has 4 atom stereocenters. The number of rotatable bonds is 2. The monoisotopic (exact) mass is 269 g/mol. The minimum atomic E-state index is -2.91. The Kier molecular flexibility index (Phi) is 3.50. The van der Waals surface area contributed by atoms with Gasteiger partial charge in [0.15, 0.2) is 9.84 Å². The van der Waals surface area contributed by atoms with E-state index in [4.69, 9.17) is 0 Å². The molecule has 3 rings (SSSR count). The Morgan fingerprint density at radius 1 is 1.00 bits per heavy atom. The van der Waals surface area contributed by atoms with Crippen molar-refractivity contribution in [2.45, 2.75) is 57.0 Å². The molecule has 4 unspecified atom stereocenters. The van der Waals surface area contributed by atoms with Gasteiger partial charge in [0.1, 0.15) is 0 Å². The van der Waals surface area contributed by atoms with Gasteiger partial charge in [0, 0.05) is 17.5 Å². The lowest BCUT2D eigenvalue weighted by atomic mass is 9.69. The Morgan fingerprint density at radius 3 is 2.50 bits per heavy atom. The SMILES string of the molecule is O=S1(=O)C=CC(NC2CCC3CCCCC3C2)C1. The summed E-state index contributed by atoms with van der Waals surface area (Å²) < 4.78 is 22.8. The predicted octanol–water partition coefficient (Wildman–Crippen LogP) is 2.25. The molecule has 18 heavy (non-hydrogen) atoms. The van der Waals surface area contributed by atoms with E-state index >= 15 is 0 Å². The fourth-order valence-corrected chi connectivity index (χ4v) is 5.26. The van der Waals surface area contributed by atoms with Crippen molar-refractivity contribution in [1.82, 2.24) is 5.32 Å². The molecule has 2 fully saturated rings. The van der Waals surface area contributed by atoms with Crippen LogP contribution in [0, 0.1) is 11.8 Å². The molecule has 3 aliphatic rings. The van der Waals surface area contributed by atoms with Crippen LogP contribution in [0.2, 0.25) is 0 Å². The maximum Gasteiger partial charge on any atom is 0.173 e. The highest BCUT2D eigenvalue weighted by Crippen LogP contribution is 2.40. The topological polar surface area (TPSA) is 46.2 Å². The van der Waals surface area contributed by atoms with E-state index in [2.05, 4.69) is 5.32 Å². The second-order valence-corrected chi connectivity index (χ2v) is 8.18. The summed E-state index contributed by atoms with van der Waals surface area (Å²) in [7, 11) is -2.91. The smallest absolute Gasteiger partial charge is 0.173 e. The first-order valence-corrected chi connectivity index (χ1v) is 9.01. The van der Waals surface area contributed by atoms with Gasteiger partial charge in [-0.1, -0.05) is 31.8 Å². The number of fused-ring (bicyclic) bond motifs is 1. The maximum absolute atomic E-state index is 11.4. The molecule has 0 spiro atoms. The fraction of sp³-hybridized carbons (Fsp3) is 0.857. The largest absolute Gasteiger partial charge is 0.307 e. The molecule has 1 heterocycles. The molecule has 102 valence electrons. The lowest BCUT2D eigenvalue weighted by Gasteiger charge is -2.40. The summed E-state index contributed by atoms with van der Waals surface area (Å²) in [6.07, 6.45) is 11.3. The van der Waals surface area contributed by atoms with Gasteiger partial charge in [-0.05, 0) is 31.1 Å². The molecule has 0 amide bonds. The lowest BCUT2D eigenvalue weighted by molar-refractivity contribution is 0.142. The van der Waals surface area contributed by atoms with Gasteiger partial charge in [-0.2, -0.15) is 0 Å². The van der Waals surface area contributed by atoms with Gasteiger partial charge in [0.2, 0.25) is 0 Å². The van der Waals surface area contributed by atoms with E-state index in [1.807, 2.05) is 6.08 Å². The van der Waals surface area contributed by atoms with Crippen LogP contribution in [0.1, 0.15) is 44.9 Å². The van der Waals surface area contributed by atoms with Gasteiger partial charge in [-0.25, -0.2) is 8.42 Å². The van der Waals surface area contributed by atoms with Gasteiger partial charge < -0.3 is 5.32 Å². The molecule has 3 nitrogen and oxygen atoms in total. The lowest BCUT2D eigenvalue weighted by Crippen LogP contribution is -2.44. The van der Waals surface area contributed by atoms with Gasteiger partial charge >= 0.3 is 0 Å². The first kappa shape index (κ1) is 12.7. The first-order chi connectivity index (χ1) is 8.62. The molecule has 1 N–H and O–H groups in total. The highest BCUT2D eigenvalue weighted by atomic mass is 32.2. The summed E-state index contributed by atoms with van der Waals surface area (Å²) in [5, 5.41) is 4.91. The highest BCUT2D eigenvalue weighted by Gasteiger charge is 2.33. The van der Waals surface area contributed by atoms with Crippen LogP contribution in [0.25, 0.3) is 0 Å². The Labute approximate surface area is 110 Å². The Balaban J connectivity index is 1.54. The van der Waals surface area contributed by atoms with Gasteiger partial charge in [-0.3, -0.25) is 0 Å². The van der Waals surface area contributed by atoms with E-state index in [0.29, 0.717) is 6.04 Å². The number of sulfone groups is 1. The van der Waals surface area contributed by atoms with Crippen molar-refractivity contribution in [3.8, 4) is 0 Å². The number of hydrogen-bond donors (Lipinski definition) is 1. The maximum atomic E-state index is 11.4. The van der Waals surface area contributed by atoms with E-state index in [9.17, 15) is 8.42 Å². The Bertz CT molecular complexity index is 429. The molecule has 0 radical (unpaired) electrons. The molecule has 1 aliphatic heterocycles. The number of nitrogens with one attached hydrogen (secondary N) is 1. The molecular formula is C14H23NO2S. The standard InChI is InChI=1S/C14H23NO2S/c16-18(17)8-7-14(10-18)15-13-6-5-11-3-1-2-4-12(11)9-13/h7-8,11-15H,1-6,9-10H2. The zero-order valence-electron chi connectivity index (χ0n) is 10.8. The zero-order chi connectivity index (χ0) is 12.6. The molecule has 0 aromatic carbocycles. The minimum absolute atomic E-state index is 0.0557. The van der Waals surface area contributed by atoms with Crippen molar-refractivity contribution in [3.63, 3.8) is 0 Å². The van der Waals surface area contributed by atoms with Crippen molar-refractivity contribution in [2.75, 3.05) is 5.75 Å². The van der Waals surface area contributed by atoms with Gasteiger partial charge in [0.05, 0.1) is 5.75 Å². The highest BCUT2D eigenvalue weighted by molar-refractivity contribution is 7.94. The third-order valence-corrected chi connectivity index (χ3v) is 6.32. The van der Waals surface area contributed by atoms with Crippen LogP contribution < -0.4 is 5.32 Å². The molecule has 0 aromatic rings. The van der Waals surface area contributed by atoms with E-state index in [0.717, 1.165) is 11.8 Å². The molecule has 0 aromatic heterocycles. The van der Waals surface area contributed by atoms with Crippen LogP contribution in [0.15, 0.2) is 11.5 Å². The molecule has 0 saturated heterocycles. The summed E-state index contributed by atoms with van der Waals surface area (Å²) in [6, 6.07) is 0.590. The van der Waals surface area contributed by atoms with Crippen molar-refractivity contribution >= 4 is 9.84 Å². The Morgan fingerprint density at radius 2 is 1.78 bits per heavy atom. The third kappa shape index (κ3) is 2.80. The average Bonchev–Trinajstić information content (AvgIpc) is 2.68. The average molecular weight is 269 g/mol. The molecule has 2 aliphatic carbocycles. The second kappa shape index (κ2) is 4.97. The van der Waals surface area contributed by atoms with Crippen molar-refractivity contribution < 1.29 is 8.42 Å². The van der Waals surface area contributed by atoms with Gasteiger partial charge in [0.25, 0.3) is 0 Å². The molecular weight excluding hydrogens is 246 g/mol. The quantitative estimate of drug-likeness (QED) is 0.836. The van der Waals surface area contributed by atoms with E-state index in [1.165, 1.54) is 50.4 Å². The van der Waals surface area contributed by atoms with E-state index in [-0.39, 0.29) is 11.8 Å². The fourth-order valence-electron chi connectivity index (χ4n) is 4.01. The van der Waals surface area contributed by atoms with Crippen LogP contribution in [-0.4, -0.2) is 26.3 Å². The molecule has 0 bridgehead atoms. The summed E-state index contributed by atoms with van der Waals surface area (Å²) in [4.78, 5) is 0. The van der Waals surface area contributed by atoms with Crippen LogP contribution >= 0.6 is 0 Å². The van der Waals surface area contributed by atoms with Gasteiger partial charge in [-0.15, -0.1) is 0 Å². The van der Waals surface area contributed by atoms with Crippen molar-refractivity contribution in [2.24, 2.45) is 11.8 Å². The van der Waals surface area contributed by atoms with E-state index < -0.39 is 9.84 Å².